The second-order valence-electron chi connectivity index (χ2n) is 4.68. The van der Waals surface area contributed by atoms with Crippen LogP contribution in [0.2, 0.25) is 0 Å². The van der Waals surface area contributed by atoms with Crippen LogP contribution in [0.1, 0.15) is 58.2 Å². The molecule has 2 heteroatoms. The van der Waals surface area contributed by atoms with Crippen molar-refractivity contribution in [2.24, 2.45) is 7.05 Å². The van der Waals surface area contributed by atoms with Gasteiger partial charge in [0, 0.05) is 6.42 Å². The van der Waals surface area contributed by atoms with Crippen LogP contribution in [0, 0.1) is 0 Å². The lowest BCUT2D eigenvalue weighted by molar-refractivity contribution is -0.678. The second kappa shape index (κ2) is 7.48. The third-order valence-electron chi connectivity index (χ3n) is 3.22. The normalized spacial score (nSPS) is 10.9. The molecule has 0 aliphatic carbocycles. The third-order valence-corrected chi connectivity index (χ3v) is 3.22. The van der Waals surface area contributed by atoms with Gasteiger partial charge in [-0.15, -0.1) is 0 Å². The molecule has 92 valence electrons. The van der Waals surface area contributed by atoms with Crippen LogP contribution < -0.4 is 4.57 Å². The molecule has 1 rings (SSSR count). The van der Waals surface area contributed by atoms with Crippen LogP contribution in [0.5, 0.6) is 0 Å². The number of nitrogens with zero attached hydrogens (tertiary/aromatic N) is 2. The highest BCUT2D eigenvalue weighted by atomic mass is 15.1. The number of hydrogen-bond acceptors (Lipinski definition) is 0. The van der Waals surface area contributed by atoms with Gasteiger partial charge in [0.05, 0.1) is 13.6 Å². The van der Waals surface area contributed by atoms with E-state index in [0.717, 1.165) is 0 Å². The summed E-state index contributed by atoms with van der Waals surface area (Å²) in [5.74, 6) is 1.48. The largest absolute Gasteiger partial charge is 0.256 e. The summed E-state index contributed by atoms with van der Waals surface area (Å²) in [4.78, 5) is 0. The smallest absolute Gasteiger partial charge is 0.237 e. The summed E-state index contributed by atoms with van der Waals surface area (Å²) in [6.07, 6.45) is 13.6. The Morgan fingerprint density at radius 1 is 1.06 bits per heavy atom. The van der Waals surface area contributed by atoms with E-state index in [0.29, 0.717) is 0 Å². The number of aromatic nitrogens is 2. The molecule has 0 bridgehead atoms. The van der Waals surface area contributed by atoms with Crippen molar-refractivity contribution in [1.29, 1.82) is 0 Å². The summed E-state index contributed by atoms with van der Waals surface area (Å²) >= 11 is 0. The van der Waals surface area contributed by atoms with Crippen molar-refractivity contribution in [3.05, 3.63) is 18.2 Å². The lowest BCUT2D eigenvalue weighted by Gasteiger charge is -2.02. The van der Waals surface area contributed by atoms with E-state index in [9.17, 15) is 0 Å². The first-order valence-electron chi connectivity index (χ1n) is 6.83. The molecule has 0 unspecified atom stereocenters. The molecule has 1 aromatic rings. The lowest BCUT2D eigenvalue weighted by atomic mass is 10.2. The standard InChI is InChI=1S/C14H27N2/c1-4-6-8-9-11-16-13-12-15(3)14(16)10-7-5-2/h12-13H,4-11H2,1-3H3/q+1. The maximum atomic E-state index is 2.44. The van der Waals surface area contributed by atoms with Gasteiger partial charge in [0.1, 0.15) is 12.4 Å². The fraction of sp³-hybridized carbons (Fsp3) is 0.786. The van der Waals surface area contributed by atoms with Crippen molar-refractivity contribution in [3.8, 4) is 0 Å². The molecule has 0 aliphatic rings. The number of unbranched alkanes of at least 4 members (excludes halogenated alkanes) is 4. The monoisotopic (exact) mass is 223 g/mol. The van der Waals surface area contributed by atoms with Crippen molar-refractivity contribution in [1.82, 2.24) is 4.57 Å². The first kappa shape index (κ1) is 13.3. The molecule has 0 spiro atoms. The fourth-order valence-electron chi connectivity index (χ4n) is 2.12. The van der Waals surface area contributed by atoms with E-state index in [1.54, 1.807) is 0 Å². The summed E-state index contributed by atoms with van der Waals surface area (Å²) in [5, 5.41) is 0. The number of aryl methyl sites for hydroxylation is 2. The average molecular weight is 223 g/mol. The van der Waals surface area contributed by atoms with Gasteiger partial charge >= 0.3 is 0 Å². The zero-order valence-electron chi connectivity index (χ0n) is 11.2. The molecule has 0 saturated heterocycles. The quantitative estimate of drug-likeness (QED) is 0.472. The van der Waals surface area contributed by atoms with Gasteiger partial charge in [0.25, 0.3) is 5.82 Å². The minimum atomic E-state index is 1.19. The molecule has 0 aromatic carbocycles. The predicted molar refractivity (Wildman–Crippen MR) is 68.4 cm³/mol. The van der Waals surface area contributed by atoms with Gasteiger partial charge < -0.3 is 0 Å². The topological polar surface area (TPSA) is 8.81 Å². The van der Waals surface area contributed by atoms with Crippen LogP contribution in [0.4, 0.5) is 0 Å². The first-order chi connectivity index (χ1) is 7.79. The summed E-state index contributed by atoms with van der Waals surface area (Å²) in [5.41, 5.74) is 0. The van der Waals surface area contributed by atoms with Crippen LogP contribution in [0.3, 0.4) is 0 Å². The minimum absolute atomic E-state index is 1.19. The van der Waals surface area contributed by atoms with Gasteiger partial charge in [-0.2, -0.15) is 0 Å². The summed E-state index contributed by atoms with van der Waals surface area (Å²) in [6, 6.07) is 0. The van der Waals surface area contributed by atoms with Gasteiger partial charge in [-0.25, -0.2) is 9.13 Å². The Kier molecular flexibility index (Phi) is 6.20. The molecule has 0 saturated carbocycles. The Morgan fingerprint density at radius 3 is 2.50 bits per heavy atom. The molecule has 1 aromatic heterocycles. The highest BCUT2D eigenvalue weighted by Crippen LogP contribution is 2.06. The van der Waals surface area contributed by atoms with Gasteiger partial charge in [-0.1, -0.05) is 33.1 Å². The Balaban J connectivity index is 2.44. The highest BCUT2D eigenvalue weighted by Gasteiger charge is 2.12. The minimum Gasteiger partial charge on any atom is -0.237 e. The molecule has 0 atom stereocenters. The third kappa shape index (κ3) is 3.99. The molecule has 0 N–H and O–H groups in total. The molecule has 0 radical (unpaired) electrons. The van der Waals surface area contributed by atoms with Crippen LogP contribution in [0.15, 0.2) is 12.4 Å². The van der Waals surface area contributed by atoms with Gasteiger partial charge in [0.2, 0.25) is 0 Å². The van der Waals surface area contributed by atoms with Crippen molar-refractivity contribution < 1.29 is 4.57 Å². The van der Waals surface area contributed by atoms with Crippen LogP contribution >= 0.6 is 0 Å². The first-order valence-corrected chi connectivity index (χ1v) is 6.83. The van der Waals surface area contributed by atoms with E-state index in [2.05, 4.69) is 42.4 Å². The lowest BCUT2D eigenvalue weighted by Crippen LogP contribution is -2.32. The zero-order chi connectivity index (χ0) is 11.8. The van der Waals surface area contributed by atoms with E-state index in [1.165, 1.54) is 57.3 Å². The van der Waals surface area contributed by atoms with Crippen LogP contribution in [-0.2, 0) is 20.0 Å². The van der Waals surface area contributed by atoms with E-state index < -0.39 is 0 Å². The molecular weight excluding hydrogens is 196 g/mol. The van der Waals surface area contributed by atoms with Gasteiger partial charge in [0.15, 0.2) is 0 Å². The SMILES string of the molecule is CCCCCCn1cc[n+](C)c1CCCC. The molecular formula is C14H27N2+. The van der Waals surface area contributed by atoms with Crippen molar-refractivity contribution in [2.45, 2.75) is 65.3 Å². The van der Waals surface area contributed by atoms with Gasteiger partial charge in [-0.3, -0.25) is 0 Å². The number of rotatable bonds is 8. The van der Waals surface area contributed by atoms with Crippen LogP contribution in [0.25, 0.3) is 0 Å². The highest BCUT2D eigenvalue weighted by molar-refractivity contribution is 4.83. The van der Waals surface area contributed by atoms with Gasteiger partial charge in [-0.05, 0) is 19.3 Å². The fourth-order valence-corrected chi connectivity index (χ4v) is 2.12. The van der Waals surface area contributed by atoms with Crippen molar-refractivity contribution >= 4 is 0 Å². The maximum absolute atomic E-state index is 2.44. The number of imidazole rings is 1. The molecule has 2 nitrogen and oxygen atoms in total. The second-order valence-corrected chi connectivity index (χ2v) is 4.68. The Labute approximate surface area is 100 Å². The summed E-state index contributed by atoms with van der Waals surface area (Å²) in [6.45, 7) is 5.72. The molecule has 16 heavy (non-hydrogen) atoms. The average Bonchev–Trinajstić information content (AvgIpc) is 2.63. The molecule has 1 heterocycles. The maximum Gasteiger partial charge on any atom is 0.256 e. The van der Waals surface area contributed by atoms with E-state index in [1.807, 2.05) is 0 Å². The molecule has 0 fully saturated rings. The summed E-state index contributed by atoms with van der Waals surface area (Å²) < 4.78 is 4.71. The Morgan fingerprint density at radius 2 is 1.81 bits per heavy atom. The van der Waals surface area contributed by atoms with Crippen LogP contribution in [-0.4, -0.2) is 4.57 Å². The van der Waals surface area contributed by atoms with Crippen molar-refractivity contribution in [3.63, 3.8) is 0 Å². The van der Waals surface area contributed by atoms with E-state index in [4.69, 9.17) is 0 Å². The van der Waals surface area contributed by atoms with E-state index >= 15 is 0 Å². The van der Waals surface area contributed by atoms with Crippen molar-refractivity contribution in [2.75, 3.05) is 0 Å². The Hall–Kier alpha value is -0.790. The Bertz CT molecular complexity index is 289. The van der Waals surface area contributed by atoms with E-state index in [-0.39, 0.29) is 0 Å². The number of hydrogen-bond donors (Lipinski definition) is 0. The summed E-state index contributed by atoms with van der Waals surface area (Å²) in [7, 11) is 2.16. The zero-order valence-corrected chi connectivity index (χ0v) is 11.2. The predicted octanol–water partition coefficient (Wildman–Crippen LogP) is 3.24. The molecule has 0 amide bonds. The molecule has 0 aliphatic heterocycles.